The number of aliphatic hydroxyl groups is 7. The Kier molecular flexibility index (Phi) is 38.3. The fourth-order valence-corrected chi connectivity index (χ4v) is 8.32. The molecule has 1 rings (SSSR count). The summed E-state index contributed by atoms with van der Waals surface area (Å²) in [5.41, 5.74) is 0. The molecule has 1 aliphatic heterocycles. The highest BCUT2D eigenvalue weighted by molar-refractivity contribution is 5.80. The maximum atomic E-state index is 13.1. The molecule has 362 valence electrons. The summed E-state index contributed by atoms with van der Waals surface area (Å²) in [6.45, 7) is 3.41. The van der Waals surface area contributed by atoms with Gasteiger partial charge in [0.05, 0.1) is 25.4 Å². The molecule has 8 N–H and O–H groups in total. The summed E-state index contributed by atoms with van der Waals surface area (Å²) in [5, 5.41) is 75.5. The zero-order chi connectivity index (χ0) is 44.8. The number of hydrogen-bond acceptors (Lipinski definition) is 10. The third kappa shape index (κ3) is 29.8. The van der Waals surface area contributed by atoms with Gasteiger partial charge in [-0.25, -0.2) is 0 Å². The normalized spacial score (nSPS) is 21.5. The van der Waals surface area contributed by atoms with Crippen molar-refractivity contribution in [3.05, 3.63) is 12.2 Å². The lowest BCUT2D eigenvalue weighted by molar-refractivity contribution is -0.303. The average Bonchev–Trinajstić information content (AvgIpc) is 3.26. The molecule has 9 atom stereocenters. The molecule has 0 spiro atoms. The molecule has 0 bridgehead atoms. The lowest BCUT2D eigenvalue weighted by Crippen LogP contribution is -2.60. The van der Waals surface area contributed by atoms with Crippen LogP contribution in [0.25, 0.3) is 0 Å². The van der Waals surface area contributed by atoms with E-state index in [1.165, 1.54) is 154 Å². The van der Waals surface area contributed by atoms with Crippen LogP contribution >= 0.6 is 0 Å². The molecular formula is C50H97NO10. The van der Waals surface area contributed by atoms with E-state index in [4.69, 9.17) is 9.47 Å². The van der Waals surface area contributed by atoms with Gasteiger partial charge in [-0.1, -0.05) is 206 Å². The molecule has 1 heterocycles. The minimum atomic E-state index is -1.66. The van der Waals surface area contributed by atoms with E-state index in [1.54, 1.807) is 0 Å². The largest absolute Gasteiger partial charge is 0.394 e. The Morgan fingerprint density at radius 2 is 0.951 bits per heavy atom. The van der Waals surface area contributed by atoms with Crippen LogP contribution in [-0.2, 0) is 14.3 Å². The van der Waals surface area contributed by atoms with Gasteiger partial charge in [0, 0.05) is 0 Å². The number of allylic oxidation sites excluding steroid dienone is 2. The maximum absolute atomic E-state index is 13.1. The van der Waals surface area contributed by atoms with Crippen molar-refractivity contribution in [2.24, 2.45) is 0 Å². The number of unbranched alkanes of at least 4 members (excludes halogenated alkanes) is 29. The van der Waals surface area contributed by atoms with Gasteiger partial charge in [-0.15, -0.1) is 0 Å². The van der Waals surface area contributed by atoms with Crippen LogP contribution in [0, 0.1) is 0 Å². The zero-order valence-corrected chi connectivity index (χ0v) is 39.2. The van der Waals surface area contributed by atoms with Crippen LogP contribution in [0.3, 0.4) is 0 Å². The summed E-state index contributed by atoms with van der Waals surface area (Å²) in [7, 11) is 0. The van der Waals surface area contributed by atoms with Crippen molar-refractivity contribution in [1.29, 1.82) is 0 Å². The van der Waals surface area contributed by atoms with E-state index >= 15 is 0 Å². The molecule has 1 fully saturated rings. The lowest BCUT2D eigenvalue weighted by Gasteiger charge is -2.40. The van der Waals surface area contributed by atoms with Crippen LogP contribution in [0.15, 0.2) is 12.2 Å². The predicted octanol–water partition coefficient (Wildman–Crippen LogP) is 9.23. The fraction of sp³-hybridized carbons (Fsp3) is 0.940. The van der Waals surface area contributed by atoms with Gasteiger partial charge in [-0.05, 0) is 38.5 Å². The van der Waals surface area contributed by atoms with E-state index in [0.717, 1.165) is 38.5 Å². The van der Waals surface area contributed by atoms with Crippen LogP contribution < -0.4 is 5.32 Å². The van der Waals surface area contributed by atoms with Gasteiger partial charge in [0.2, 0.25) is 5.91 Å². The first-order valence-electron chi connectivity index (χ1n) is 25.6. The Balaban J connectivity index is 2.25. The number of ether oxygens (including phenoxy) is 2. The molecule has 1 saturated heterocycles. The Bertz CT molecular complexity index is 1000. The summed E-state index contributed by atoms with van der Waals surface area (Å²) in [6, 6.07) is -1.16. The number of carbonyl (C=O) groups is 1. The van der Waals surface area contributed by atoms with Gasteiger partial charge in [0.25, 0.3) is 0 Å². The Labute approximate surface area is 372 Å². The van der Waals surface area contributed by atoms with E-state index in [2.05, 4.69) is 31.3 Å². The number of aliphatic hydroxyl groups excluding tert-OH is 7. The second-order valence-corrected chi connectivity index (χ2v) is 18.2. The standard InChI is InChI=1S/C50H97NO10/c1-3-5-7-9-11-13-14-15-16-17-18-19-20-21-22-23-24-25-26-27-28-29-30-32-34-36-38-43(54)49(59)51-41(40-60-50-48(58)47(57)46(56)44(39-52)61-50)45(55)42(53)37-35-33-31-12-10-8-6-4-2/h21-22,41-48,50,52-58H,3-20,23-40H2,1-2H3,(H,51,59)/b22-21-. The summed E-state index contributed by atoms with van der Waals surface area (Å²) in [6.07, 6.45) is 33.0. The zero-order valence-electron chi connectivity index (χ0n) is 39.2. The third-order valence-electron chi connectivity index (χ3n) is 12.6. The van der Waals surface area contributed by atoms with Crippen LogP contribution in [-0.4, -0.2) is 110 Å². The van der Waals surface area contributed by atoms with Gasteiger partial charge in [0.1, 0.15) is 36.6 Å². The summed E-state index contributed by atoms with van der Waals surface area (Å²) in [4.78, 5) is 13.1. The SMILES string of the molecule is CCCCCCCCCCCCCC/C=C\CCCCCCCCCCCCC(O)C(=O)NC(COC1OC(CO)C(O)C(O)C1O)C(O)C(O)CCCCCCCCCC. The predicted molar refractivity (Wildman–Crippen MR) is 247 cm³/mol. The van der Waals surface area contributed by atoms with Gasteiger partial charge in [-0.3, -0.25) is 4.79 Å². The van der Waals surface area contributed by atoms with Crippen molar-refractivity contribution in [2.75, 3.05) is 13.2 Å². The topological polar surface area (TPSA) is 189 Å². The number of carbonyl (C=O) groups excluding carboxylic acids is 1. The third-order valence-corrected chi connectivity index (χ3v) is 12.6. The lowest BCUT2D eigenvalue weighted by atomic mass is 9.98. The highest BCUT2D eigenvalue weighted by atomic mass is 16.7. The Morgan fingerprint density at radius 3 is 1.38 bits per heavy atom. The van der Waals surface area contributed by atoms with E-state index in [-0.39, 0.29) is 6.42 Å². The van der Waals surface area contributed by atoms with Crippen LogP contribution in [0.1, 0.15) is 232 Å². The minimum Gasteiger partial charge on any atom is -0.394 e. The van der Waals surface area contributed by atoms with Crippen LogP contribution in [0.4, 0.5) is 0 Å². The quantitative estimate of drug-likeness (QED) is 0.0217. The summed E-state index contributed by atoms with van der Waals surface area (Å²) < 4.78 is 11.1. The molecule has 0 aromatic rings. The summed E-state index contributed by atoms with van der Waals surface area (Å²) in [5.74, 6) is -0.698. The molecule has 61 heavy (non-hydrogen) atoms. The van der Waals surface area contributed by atoms with E-state index in [9.17, 15) is 40.5 Å². The molecule has 11 nitrogen and oxygen atoms in total. The van der Waals surface area contributed by atoms with Crippen LogP contribution in [0.2, 0.25) is 0 Å². The second kappa shape index (κ2) is 40.4. The molecule has 11 heteroatoms. The Morgan fingerprint density at radius 1 is 0.557 bits per heavy atom. The highest BCUT2D eigenvalue weighted by Gasteiger charge is 2.44. The molecule has 1 aliphatic rings. The first-order chi connectivity index (χ1) is 29.7. The second-order valence-electron chi connectivity index (χ2n) is 18.2. The summed E-state index contributed by atoms with van der Waals surface area (Å²) >= 11 is 0. The molecule has 9 unspecified atom stereocenters. The van der Waals surface area contributed by atoms with Crippen molar-refractivity contribution < 1.29 is 50.0 Å². The molecule has 0 aliphatic carbocycles. The molecular weight excluding hydrogens is 775 g/mol. The first-order valence-corrected chi connectivity index (χ1v) is 25.6. The highest BCUT2D eigenvalue weighted by Crippen LogP contribution is 2.23. The van der Waals surface area contributed by atoms with Gasteiger partial charge in [0.15, 0.2) is 6.29 Å². The fourth-order valence-electron chi connectivity index (χ4n) is 8.32. The Hall–Kier alpha value is -1.15. The molecule has 0 radical (unpaired) electrons. The molecule has 1 amide bonds. The van der Waals surface area contributed by atoms with Crippen molar-refractivity contribution in [2.45, 2.75) is 287 Å². The average molecular weight is 872 g/mol. The number of hydrogen-bond donors (Lipinski definition) is 8. The number of amides is 1. The van der Waals surface area contributed by atoms with Crippen LogP contribution in [0.5, 0.6) is 0 Å². The monoisotopic (exact) mass is 872 g/mol. The number of rotatable bonds is 43. The van der Waals surface area contributed by atoms with E-state index in [0.29, 0.717) is 19.3 Å². The first kappa shape index (κ1) is 57.9. The van der Waals surface area contributed by atoms with Crippen molar-refractivity contribution >= 4 is 5.91 Å². The van der Waals surface area contributed by atoms with E-state index in [1.807, 2.05) is 0 Å². The maximum Gasteiger partial charge on any atom is 0.249 e. The van der Waals surface area contributed by atoms with E-state index < -0.39 is 74.2 Å². The number of nitrogens with one attached hydrogen (secondary N) is 1. The van der Waals surface area contributed by atoms with Crippen molar-refractivity contribution in [3.8, 4) is 0 Å². The van der Waals surface area contributed by atoms with Gasteiger partial charge < -0.3 is 50.5 Å². The van der Waals surface area contributed by atoms with Gasteiger partial charge >= 0.3 is 0 Å². The molecule has 0 saturated carbocycles. The van der Waals surface area contributed by atoms with Crippen molar-refractivity contribution in [3.63, 3.8) is 0 Å². The molecule has 0 aromatic carbocycles. The van der Waals surface area contributed by atoms with Gasteiger partial charge in [-0.2, -0.15) is 0 Å². The minimum absolute atomic E-state index is 0.261. The smallest absolute Gasteiger partial charge is 0.249 e. The van der Waals surface area contributed by atoms with Crippen molar-refractivity contribution in [1.82, 2.24) is 5.32 Å². The molecule has 0 aromatic heterocycles.